The fourth-order valence-electron chi connectivity index (χ4n) is 2.10. The first kappa shape index (κ1) is 12.8. The molecule has 6 heteroatoms. The lowest BCUT2D eigenvalue weighted by Crippen LogP contribution is -2.58. The lowest BCUT2D eigenvalue weighted by Gasteiger charge is -2.40. The lowest BCUT2D eigenvalue weighted by molar-refractivity contribution is -0.155. The summed E-state index contributed by atoms with van der Waals surface area (Å²) in [6, 6.07) is 1.77. The van der Waals surface area contributed by atoms with Gasteiger partial charge < -0.3 is 14.5 Å². The van der Waals surface area contributed by atoms with Crippen LogP contribution in [0.1, 0.15) is 6.92 Å². The van der Waals surface area contributed by atoms with Gasteiger partial charge in [0.05, 0.1) is 13.2 Å². The van der Waals surface area contributed by atoms with Crippen molar-refractivity contribution in [2.24, 2.45) is 0 Å². The van der Waals surface area contributed by atoms with Gasteiger partial charge in [-0.05, 0) is 13.0 Å². The maximum Gasteiger partial charge on any atom is 0.255 e. The Kier molecular flexibility index (Phi) is 3.47. The average Bonchev–Trinajstić information content (AvgIpc) is 2.39. The fraction of sp³-hybridized carbons (Fsp3) is 0.583. The third-order valence-electron chi connectivity index (χ3n) is 2.97. The molecule has 6 nitrogen and oxygen atoms in total. The highest BCUT2D eigenvalue weighted by atomic mass is 16.5. The Balaban J connectivity index is 2.16. The second kappa shape index (κ2) is 4.89. The number of amides is 1. The van der Waals surface area contributed by atoms with Gasteiger partial charge in [-0.1, -0.05) is 0 Å². The molecule has 0 saturated carbocycles. The van der Waals surface area contributed by atoms with Crippen LogP contribution in [-0.2, 0) is 9.53 Å². The molecule has 98 valence electrons. The molecular formula is C12H18N4O2. The number of carbonyl (C=O) groups excluding carboxylic acids is 1. The Morgan fingerprint density at radius 1 is 1.44 bits per heavy atom. The lowest BCUT2D eigenvalue weighted by atomic mass is 10.0. The molecule has 0 aliphatic carbocycles. The Hall–Kier alpha value is -1.69. The summed E-state index contributed by atoms with van der Waals surface area (Å²) < 4.78 is 5.65. The van der Waals surface area contributed by atoms with Crippen molar-refractivity contribution in [2.45, 2.75) is 12.5 Å². The summed E-state index contributed by atoms with van der Waals surface area (Å²) >= 11 is 0. The van der Waals surface area contributed by atoms with Gasteiger partial charge >= 0.3 is 0 Å². The van der Waals surface area contributed by atoms with Crippen LogP contribution in [0.3, 0.4) is 0 Å². The van der Waals surface area contributed by atoms with Gasteiger partial charge in [-0.2, -0.15) is 0 Å². The Labute approximate surface area is 107 Å². The van der Waals surface area contributed by atoms with E-state index in [4.69, 9.17) is 4.74 Å². The molecule has 1 atom stereocenters. The van der Waals surface area contributed by atoms with Crippen molar-refractivity contribution in [3.8, 4) is 0 Å². The van der Waals surface area contributed by atoms with Crippen LogP contribution in [0.2, 0.25) is 0 Å². The zero-order chi connectivity index (χ0) is 13.2. The van der Waals surface area contributed by atoms with E-state index in [9.17, 15) is 4.79 Å². The highest BCUT2D eigenvalue weighted by Crippen LogP contribution is 2.22. The van der Waals surface area contributed by atoms with Gasteiger partial charge in [0.2, 0.25) is 5.95 Å². The number of morpholine rings is 1. The van der Waals surface area contributed by atoms with Crippen molar-refractivity contribution >= 4 is 11.9 Å². The van der Waals surface area contributed by atoms with E-state index < -0.39 is 5.60 Å². The Morgan fingerprint density at radius 2 is 2.11 bits per heavy atom. The third-order valence-corrected chi connectivity index (χ3v) is 2.97. The Morgan fingerprint density at radius 3 is 2.72 bits per heavy atom. The molecule has 18 heavy (non-hydrogen) atoms. The Bertz CT molecular complexity index is 423. The minimum absolute atomic E-state index is 0.0388. The van der Waals surface area contributed by atoms with E-state index in [1.807, 2.05) is 11.8 Å². The fourth-order valence-corrected chi connectivity index (χ4v) is 2.10. The monoisotopic (exact) mass is 250 g/mol. The molecule has 0 radical (unpaired) electrons. The summed E-state index contributed by atoms with van der Waals surface area (Å²) in [4.78, 5) is 24.1. The predicted octanol–water partition coefficient (Wildman–Crippen LogP) is 0.160. The van der Waals surface area contributed by atoms with Crippen LogP contribution in [0.4, 0.5) is 5.95 Å². The molecule has 1 fully saturated rings. The normalized spacial score (nSPS) is 23.8. The first-order valence-corrected chi connectivity index (χ1v) is 5.90. The second-order valence-electron chi connectivity index (χ2n) is 4.75. The van der Waals surface area contributed by atoms with Gasteiger partial charge in [-0.25, -0.2) is 9.97 Å². The van der Waals surface area contributed by atoms with E-state index >= 15 is 0 Å². The molecule has 0 bridgehead atoms. The topological polar surface area (TPSA) is 58.6 Å². The molecule has 0 N–H and O–H groups in total. The number of ether oxygens (including phenoxy) is 1. The van der Waals surface area contributed by atoms with Crippen molar-refractivity contribution in [2.75, 3.05) is 38.7 Å². The van der Waals surface area contributed by atoms with Gasteiger partial charge in [0.15, 0.2) is 5.60 Å². The molecule has 2 rings (SSSR count). The van der Waals surface area contributed by atoms with Crippen molar-refractivity contribution < 1.29 is 9.53 Å². The van der Waals surface area contributed by atoms with Gasteiger partial charge in [-0.15, -0.1) is 0 Å². The molecule has 1 aromatic rings. The maximum absolute atomic E-state index is 12.1. The average molecular weight is 250 g/mol. The molecule has 1 saturated heterocycles. The van der Waals surface area contributed by atoms with Crippen LogP contribution in [0.15, 0.2) is 18.5 Å². The summed E-state index contributed by atoms with van der Waals surface area (Å²) in [5.74, 6) is 0.599. The van der Waals surface area contributed by atoms with Gasteiger partial charge in [-0.3, -0.25) is 4.79 Å². The smallest absolute Gasteiger partial charge is 0.255 e. The van der Waals surface area contributed by atoms with E-state index in [0.29, 0.717) is 25.6 Å². The number of rotatable bonds is 2. The summed E-state index contributed by atoms with van der Waals surface area (Å²) in [5, 5.41) is 0. The van der Waals surface area contributed by atoms with E-state index in [-0.39, 0.29) is 5.91 Å². The summed E-state index contributed by atoms with van der Waals surface area (Å²) in [5.41, 5.74) is -0.832. The number of carbonyl (C=O) groups is 1. The SMILES string of the molecule is CN(C)C(=O)C1(C)CN(c2ncccn2)CCO1. The van der Waals surface area contributed by atoms with E-state index in [1.54, 1.807) is 37.5 Å². The number of aromatic nitrogens is 2. The van der Waals surface area contributed by atoms with Crippen molar-refractivity contribution in [1.82, 2.24) is 14.9 Å². The van der Waals surface area contributed by atoms with Crippen LogP contribution in [0.25, 0.3) is 0 Å². The largest absolute Gasteiger partial charge is 0.362 e. The van der Waals surface area contributed by atoms with Crippen molar-refractivity contribution in [3.63, 3.8) is 0 Å². The second-order valence-corrected chi connectivity index (χ2v) is 4.75. The molecule has 1 aliphatic rings. The molecule has 1 amide bonds. The molecular weight excluding hydrogens is 232 g/mol. The van der Waals surface area contributed by atoms with Crippen molar-refractivity contribution in [1.29, 1.82) is 0 Å². The molecule has 2 heterocycles. The maximum atomic E-state index is 12.1. The van der Waals surface area contributed by atoms with Gasteiger partial charge in [0.1, 0.15) is 0 Å². The number of nitrogens with zero attached hydrogens (tertiary/aromatic N) is 4. The highest BCUT2D eigenvalue weighted by Gasteiger charge is 2.40. The van der Waals surface area contributed by atoms with Crippen molar-refractivity contribution in [3.05, 3.63) is 18.5 Å². The van der Waals surface area contributed by atoms with Gasteiger partial charge in [0, 0.05) is 33.0 Å². The first-order valence-electron chi connectivity index (χ1n) is 5.90. The number of anilines is 1. The standard InChI is InChI=1S/C12H18N4O2/c1-12(10(17)15(2)3)9-16(7-8-18-12)11-13-5-4-6-14-11/h4-6H,7-9H2,1-3H3. The number of hydrogen-bond donors (Lipinski definition) is 0. The molecule has 1 aliphatic heterocycles. The van der Waals surface area contributed by atoms with E-state index in [1.165, 1.54) is 0 Å². The first-order chi connectivity index (χ1) is 8.53. The van der Waals surface area contributed by atoms with E-state index in [2.05, 4.69) is 9.97 Å². The molecule has 1 aromatic heterocycles. The van der Waals surface area contributed by atoms with Gasteiger partial charge in [0.25, 0.3) is 5.91 Å². The highest BCUT2D eigenvalue weighted by molar-refractivity contribution is 5.85. The third kappa shape index (κ3) is 2.43. The zero-order valence-corrected chi connectivity index (χ0v) is 11.0. The quantitative estimate of drug-likeness (QED) is 0.748. The predicted molar refractivity (Wildman–Crippen MR) is 67.3 cm³/mol. The minimum atomic E-state index is -0.832. The van der Waals surface area contributed by atoms with Crippen LogP contribution in [-0.4, -0.2) is 60.2 Å². The van der Waals surface area contributed by atoms with Crippen LogP contribution >= 0.6 is 0 Å². The number of likely N-dealkylation sites (N-methyl/N-ethyl adjacent to an activating group) is 1. The molecule has 1 unspecified atom stereocenters. The molecule has 0 aromatic carbocycles. The van der Waals surface area contributed by atoms with Crippen LogP contribution in [0, 0.1) is 0 Å². The van der Waals surface area contributed by atoms with Crippen LogP contribution in [0.5, 0.6) is 0 Å². The van der Waals surface area contributed by atoms with E-state index in [0.717, 1.165) is 0 Å². The minimum Gasteiger partial charge on any atom is -0.362 e. The summed E-state index contributed by atoms with van der Waals surface area (Å²) in [7, 11) is 3.46. The zero-order valence-electron chi connectivity index (χ0n) is 11.0. The molecule has 0 spiro atoms. The number of hydrogen-bond acceptors (Lipinski definition) is 5. The summed E-state index contributed by atoms with van der Waals surface area (Å²) in [6.45, 7) is 3.47. The van der Waals surface area contributed by atoms with Crippen LogP contribution < -0.4 is 4.90 Å². The summed E-state index contributed by atoms with van der Waals surface area (Å²) in [6.07, 6.45) is 3.39.